The molecule has 0 aliphatic carbocycles. The highest BCUT2D eigenvalue weighted by molar-refractivity contribution is 5.73. The van der Waals surface area contributed by atoms with Crippen LogP contribution in [-0.4, -0.2) is 24.3 Å². The van der Waals surface area contributed by atoms with Crippen molar-refractivity contribution in [3.8, 4) is 0 Å². The second-order valence-electron chi connectivity index (χ2n) is 6.51. The minimum Gasteiger partial charge on any atom is -0.481 e. The third-order valence-corrected chi connectivity index (χ3v) is 4.01. The summed E-state index contributed by atoms with van der Waals surface area (Å²) >= 11 is 0. The molecule has 0 aromatic rings. The van der Waals surface area contributed by atoms with Crippen molar-refractivity contribution in [1.29, 1.82) is 0 Å². The second kappa shape index (κ2) is 11.1. The zero-order valence-electron chi connectivity index (χ0n) is 13.9. The van der Waals surface area contributed by atoms with E-state index in [1.54, 1.807) is 13.8 Å². The maximum atomic E-state index is 11.0. The molecule has 120 valence electrons. The summed E-state index contributed by atoms with van der Waals surface area (Å²) in [4.78, 5) is 11.0. The first kappa shape index (κ1) is 19.4. The lowest BCUT2D eigenvalue weighted by Crippen LogP contribution is -2.29. The van der Waals surface area contributed by atoms with Crippen LogP contribution in [0.1, 0.15) is 79.1 Å². The lowest BCUT2D eigenvalue weighted by molar-refractivity contribution is -0.150. The van der Waals surface area contributed by atoms with Crippen LogP contribution in [0.4, 0.5) is 0 Å². The number of unbranched alkanes of at least 4 members (excludes halogenated alkanes) is 4. The molecule has 1 unspecified atom stereocenters. The predicted octanol–water partition coefficient (Wildman–Crippen LogP) is 4.89. The zero-order chi connectivity index (χ0) is 15.4. The molecule has 0 bridgehead atoms. The Morgan fingerprint density at radius 3 is 2.30 bits per heavy atom. The van der Waals surface area contributed by atoms with Crippen LogP contribution >= 0.6 is 0 Å². The zero-order valence-corrected chi connectivity index (χ0v) is 13.9. The van der Waals surface area contributed by atoms with E-state index in [9.17, 15) is 4.79 Å². The van der Waals surface area contributed by atoms with Gasteiger partial charge in [-0.1, -0.05) is 58.8 Å². The number of ether oxygens (including phenoxy) is 1. The van der Waals surface area contributed by atoms with E-state index in [1.165, 1.54) is 44.9 Å². The lowest BCUT2D eigenvalue weighted by Gasteiger charge is -2.20. The summed E-state index contributed by atoms with van der Waals surface area (Å²) in [5.74, 6) is -0.0648. The summed E-state index contributed by atoms with van der Waals surface area (Å²) in [5.41, 5.74) is -0.776. The highest BCUT2D eigenvalue weighted by Crippen LogP contribution is 2.20. The van der Waals surface area contributed by atoms with Crippen LogP contribution in [-0.2, 0) is 9.53 Å². The predicted molar refractivity (Wildman–Crippen MR) is 84.0 cm³/mol. The molecule has 1 N–H and O–H groups in total. The van der Waals surface area contributed by atoms with E-state index in [2.05, 4.69) is 13.8 Å². The van der Waals surface area contributed by atoms with Crippen molar-refractivity contribution < 1.29 is 14.6 Å². The molecular weight excluding hydrogens is 252 g/mol. The van der Waals surface area contributed by atoms with Crippen molar-refractivity contribution in [2.45, 2.75) is 79.1 Å². The molecule has 0 aliphatic heterocycles. The molecule has 0 fully saturated rings. The Morgan fingerprint density at radius 2 is 1.75 bits per heavy atom. The van der Waals surface area contributed by atoms with E-state index >= 15 is 0 Å². The number of aliphatic carboxylic acids is 1. The molecule has 0 rings (SSSR count). The van der Waals surface area contributed by atoms with Gasteiger partial charge in [-0.2, -0.15) is 0 Å². The van der Waals surface area contributed by atoms with E-state index in [-0.39, 0.29) is 0 Å². The van der Waals surface area contributed by atoms with Crippen molar-refractivity contribution in [2.24, 2.45) is 11.3 Å². The maximum Gasteiger partial charge on any atom is 0.311 e. The Bertz CT molecular complexity index is 249. The molecule has 3 heteroatoms. The largest absolute Gasteiger partial charge is 0.481 e. The first-order chi connectivity index (χ1) is 9.44. The average molecular weight is 286 g/mol. The van der Waals surface area contributed by atoms with Crippen LogP contribution in [0.25, 0.3) is 0 Å². The molecule has 20 heavy (non-hydrogen) atoms. The number of carboxylic acid groups (broad SMARTS) is 1. The van der Waals surface area contributed by atoms with Crippen molar-refractivity contribution in [3.05, 3.63) is 0 Å². The molecule has 0 spiro atoms. The first-order valence-electron chi connectivity index (χ1n) is 8.25. The maximum absolute atomic E-state index is 11.0. The third-order valence-electron chi connectivity index (χ3n) is 4.01. The van der Waals surface area contributed by atoms with Crippen LogP contribution in [0.2, 0.25) is 0 Å². The van der Waals surface area contributed by atoms with Crippen molar-refractivity contribution >= 4 is 5.97 Å². The quantitative estimate of drug-likeness (QED) is 0.490. The molecule has 0 saturated heterocycles. The van der Waals surface area contributed by atoms with Crippen molar-refractivity contribution in [3.63, 3.8) is 0 Å². The van der Waals surface area contributed by atoms with Gasteiger partial charge in [0.2, 0.25) is 0 Å². The van der Waals surface area contributed by atoms with Crippen molar-refractivity contribution in [2.75, 3.05) is 13.2 Å². The van der Waals surface area contributed by atoms with Gasteiger partial charge >= 0.3 is 5.97 Å². The van der Waals surface area contributed by atoms with E-state index in [0.717, 1.165) is 12.3 Å². The first-order valence-corrected chi connectivity index (χ1v) is 8.25. The second-order valence-corrected chi connectivity index (χ2v) is 6.51. The van der Waals surface area contributed by atoms with Crippen LogP contribution in [0.15, 0.2) is 0 Å². The highest BCUT2D eigenvalue weighted by Gasteiger charge is 2.27. The lowest BCUT2D eigenvalue weighted by atomic mass is 9.94. The summed E-state index contributed by atoms with van der Waals surface area (Å²) in [7, 11) is 0. The fraction of sp³-hybridized carbons (Fsp3) is 0.941. The van der Waals surface area contributed by atoms with Crippen LogP contribution < -0.4 is 0 Å². The monoisotopic (exact) mass is 286 g/mol. The summed E-state index contributed by atoms with van der Waals surface area (Å²) in [6, 6.07) is 0. The molecule has 0 heterocycles. The Kier molecular flexibility index (Phi) is 10.8. The molecule has 0 aromatic heterocycles. The minimum atomic E-state index is -0.791. The van der Waals surface area contributed by atoms with E-state index in [0.29, 0.717) is 13.2 Å². The Morgan fingerprint density at radius 1 is 1.10 bits per heavy atom. The molecule has 1 atom stereocenters. The normalized spacial score (nSPS) is 13.4. The van der Waals surface area contributed by atoms with E-state index in [4.69, 9.17) is 9.84 Å². The van der Waals surface area contributed by atoms with Gasteiger partial charge in [0.05, 0.1) is 12.0 Å². The summed E-state index contributed by atoms with van der Waals surface area (Å²) < 4.78 is 5.56. The smallest absolute Gasteiger partial charge is 0.311 e. The van der Waals surface area contributed by atoms with Gasteiger partial charge in [-0.3, -0.25) is 4.79 Å². The molecule has 0 amide bonds. The van der Waals surface area contributed by atoms with Gasteiger partial charge in [-0.05, 0) is 26.2 Å². The third kappa shape index (κ3) is 9.35. The standard InChI is InChI=1S/C17H34O3/c1-5-7-8-9-10-11-15(6-2)12-13-20-14-17(3,4)16(18)19/h15H,5-14H2,1-4H3,(H,18,19). The fourth-order valence-electron chi connectivity index (χ4n) is 2.23. The van der Waals surface area contributed by atoms with E-state index < -0.39 is 11.4 Å². The number of rotatable bonds is 13. The number of carboxylic acids is 1. The average Bonchev–Trinajstić information content (AvgIpc) is 2.40. The molecule has 0 radical (unpaired) electrons. The highest BCUT2D eigenvalue weighted by atomic mass is 16.5. The number of hydrogen-bond acceptors (Lipinski definition) is 2. The molecule has 3 nitrogen and oxygen atoms in total. The topological polar surface area (TPSA) is 46.5 Å². The fourth-order valence-corrected chi connectivity index (χ4v) is 2.23. The summed E-state index contributed by atoms with van der Waals surface area (Å²) in [6.45, 7) is 8.88. The van der Waals surface area contributed by atoms with Gasteiger partial charge in [0, 0.05) is 6.61 Å². The summed E-state index contributed by atoms with van der Waals surface area (Å²) in [5, 5.41) is 9.00. The Balaban J connectivity index is 3.67. The van der Waals surface area contributed by atoms with Crippen LogP contribution in [0.3, 0.4) is 0 Å². The molecule has 0 aromatic carbocycles. The summed E-state index contributed by atoms with van der Waals surface area (Å²) in [6.07, 6.45) is 10.2. The minimum absolute atomic E-state index is 0.301. The number of carbonyl (C=O) groups is 1. The van der Waals surface area contributed by atoms with E-state index in [1.807, 2.05) is 0 Å². The van der Waals surface area contributed by atoms with Crippen LogP contribution in [0, 0.1) is 11.3 Å². The van der Waals surface area contributed by atoms with Gasteiger partial charge in [-0.25, -0.2) is 0 Å². The van der Waals surface area contributed by atoms with Gasteiger partial charge in [0.15, 0.2) is 0 Å². The SMILES string of the molecule is CCCCCCCC(CC)CCOCC(C)(C)C(=O)O. The van der Waals surface area contributed by atoms with Gasteiger partial charge < -0.3 is 9.84 Å². The Hall–Kier alpha value is -0.570. The molecular formula is C17H34O3. The number of hydrogen-bond donors (Lipinski definition) is 1. The molecule has 0 aliphatic rings. The molecule has 0 saturated carbocycles. The van der Waals surface area contributed by atoms with Gasteiger partial charge in [-0.15, -0.1) is 0 Å². The van der Waals surface area contributed by atoms with Crippen molar-refractivity contribution in [1.82, 2.24) is 0 Å². The van der Waals surface area contributed by atoms with Gasteiger partial charge in [0.1, 0.15) is 0 Å². The van der Waals surface area contributed by atoms with Gasteiger partial charge in [0.25, 0.3) is 0 Å². The van der Waals surface area contributed by atoms with Crippen LogP contribution in [0.5, 0.6) is 0 Å². The Labute approximate surface area is 125 Å².